The van der Waals surface area contributed by atoms with Crippen LogP contribution in [0.5, 0.6) is 0 Å². The molecule has 7 heteroatoms. The molecule has 0 radical (unpaired) electrons. The van der Waals surface area contributed by atoms with E-state index in [1.807, 2.05) is 12.3 Å². The molecule has 0 aliphatic carbocycles. The van der Waals surface area contributed by atoms with E-state index in [-0.39, 0.29) is 17.4 Å². The topological polar surface area (TPSA) is 59.9 Å². The van der Waals surface area contributed by atoms with E-state index in [9.17, 15) is 14.0 Å². The smallest absolute Gasteiger partial charge is 0.182 e. The van der Waals surface area contributed by atoms with Gasteiger partial charge in [0, 0.05) is 30.8 Å². The van der Waals surface area contributed by atoms with Gasteiger partial charge in [0.05, 0.1) is 4.88 Å². The van der Waals surface area contributed by atoms with E-state index in [0.717, 1.165) is 34.7 Å². The minimum Gasteiger partial charge on any atom is -0.300 e. The maximum Gasteiger partial charge on any atom is 0.182 e. The number of unbranched alkanes of at least 4 members (excludes halogenated alkanes) is 2. The van der Waals surface area contributed by atoms with Gasteiger partial charge in [-0.25, -0.2) is 14.4 Å². The minimum atomic E-state index is -0.317. The summed E-state index contributed by atoms with van der Waals surface area (Å²) in [7, 11) is 0. The fourth-order valence-electron chi connectivity index (χ4n) is 2.81. The fourth-order valence-corrected chi connectivity index (χ4v) is 4.57. The van der Waals surface area contributed by atoms with Crippen molar-refractivity contribution < 1.29 is 14.0 Å². The van der Waals surface area contributed by atoms with Gasteiger partial charge in [-0.05, 0) is 30.5 Å². The van der Waals surface area contributed by atoms with Gasteiger partial charge in [0.25, 0.3) is 0 Å². The standard InChI is InChI=1S/C21H21FN2O2S2/c1-2-16(25)6-4-3-5-7-17(26)18-19(14-8-10-15(22)11-9-14)28-21(24-18)20-23-12-13-27-20/h8-13H,2-7H2,1H3. The van der Waals surface area contributed by atoms with E-state index in [0.29, 0.717) is 30.0 Å². The Morgan fingerprint density at radius 3 is 2.46 bits per heavy atom. The molecule has 0 N–H and O–H groups in total. The van der Waals surface area contributed by atoms with Crippen LogP contribution in [0, 0.1) is 5.82 Å². The van der Waals surface area contributed by atoms with E-state index < -0.39 is 0 Å². The number of aromatic nitrogens is 2. The molecular weight excluding hydrogens is 395 g/mol. The molecular formula is C21H21FN2O2S2. The van der Waals surface area contributed by atoms with Gasteiger partial charge < -0.3 is 0 Å². The van der Waals surface area contributed by atoms with Gasteiger partial charge in [0.1, 0.15) is 17.3 Å². The van der Waals surface area contributed by atoms with Crippen LogP contribution in [-0.4, -0.2) is 21.5 Å². The van der Waals surface area contributed by atoms with Crippen molar-refractivity contribution in [2.24, 2.45) is 0 Å². The summed E-state index contributed by atoms with van der Waals surface area (Å²) in [5, 5.41) is 3.34. The predicted octanol–water partition coefficient (Wildman–Crippen LogP) is 6.19. The summed E-state index contributed by atoms with van der Waals surface area (Å²) in [6.07, 6.45) is 5.62. The first kappa shape index (κ1) is 20.5. The lowest BCUT2D eigenvalue weighted by atomic mass is 10.0. The van der Waals surface area contributed by atoms with Crippen LogP contribution in [0.15, 0.2) is 35.8 Å². The van der Waals surface area contributed by atoms with Gasteiger partial charge in [0.15, 0.2) is 15.8 Å². The van der Waals surface area contributed by atoms with E-state index in [1.165, 1.54) is 34.8 Å². The lowest BCUT2D eigenvalue weighted by molar-refractivity contribution is -0.118. The zero-order valence-electron chi connectivity index (χ0n) is 15.6. The number of hydrogen-bond donors (Lipinski definition) is 0. The molecule has 3 rings (SSSR count). The Hall–Kier alpha value is -2.25. The normalized spacial score (nSPS) is 10.9. The Labute approximate surface area is 171 Å². The molecule has 0 fully saturated rings. The van der Waals surface area contributed by atoms with Crippen LogP contribution in [0.3, 0.4) is 0 Å². The number of carbonyl (C=O) groups excluding carboxylic acids is 2. The maximum absolute atomic E-state index is 13.3. The number of hydrogen-bond acceptors (Lipinski definition) is 6. The average molecular weight is 417 g/mol. The SMILES string of the molecule is CCC(=O)CCCCCC(=O)c1nc(-c2nccs2)sc1-c1ccc(F)cc1. The van der Waals surface area contributed by atoms with Gasteiger partial charge >= 0.3 is 0 Å². The summed E-state index contributed by atoms with van der Waals surface area (Å²) in [5.74, 6) is -0.0828. The zero-order chi connectivity index (χ0) is 19.9. The minimum absolute atomic E-state index is 0.0276. The number of thiazole rings is 2. The molecule has 0 bridgehead atoms. The molecule has 0 unspecified atom stereocenters. The Balaban J connectivity index is 1.75. The maximum atomic E-state index is 13.3. The second-order valence-corrected chi connectivity index (χ2v) is 8.31. The highest BCUT2D eigenvalue weighted by molar-refractivity contribution is 7.22. The van der Waals surface area contributed by atoms with E-state index in [1.54, 1.807) is 18.3 Å². The molecule has 0 atom stereocenters. The molecule has 0 spiro atoms. The largest absolute Gasteiger partial charge is 0.300 e. The van der Waals surface area contributed by atoms with Crippen molar-refractivity contribution in [3.63, 3.8) is 0 Å². The second-order valence-electron chi connectivity index (χ2n) is 6.42. The third-order valence-electron chi connectivity index (χ3n) is 4.37. The van der Waals surface area contributed by atoms with Crippen molar-refractivity contribution in [2.45, 2.75) is 45.4 Å². The molecule has 0 aliphatic heterocycles. The molecule has 2 heterocycles. The van der Waals surface area contributed by atoms with Gasteiger partial charge in [0.2, 0.25) is 0 Å². The predicted molar refractivity (Wildman–Crippen MR) is 111 cm³/mol. The second kappa shape index (κ2) is 9.80. The van der Waals surface area contributed by atoms with Crippen molar-refractivity contribution in [1.29, 1.82) is 0 Å². The van der Waals surface area contributed by atoms with E-state index in [2.05, 4.69) is 9.97 Å². The van der Waals surface area contributed by atoms with Crippen molar-refractivity contribution in [2.75, 3.05) is 0 Å². The molecule has 28 heavy (non-hydrogen) atoms. The van der Waals surface area contributed by atoms with Gasteiger partial charge in [-0.2, -0.15) is 0 Å². The summed E-state index contributed by atoms with van der Waals surface area (Å²) in [4.78, 5) is 33.8. The Morgan fingerprint density at radius 1 is 1.04 bits per heavy atom. The average Bonchev–Trinajstić information content (AvgIpc) is 3.37. The number of nitrogens with zero attached hydrogens (tertiary/aromatic N) is 2. The summed E-state index contributed by atoms with van der Waals surface area (Å²) >= 11 is 2.87. The summed E-state index contributed by atoms with van der Waals surface area (Å²) in [5.41, 5.74) is 1.20. The monoisotopic (exact) mass is 416 g/mol. The number of carbonyl (C=O) groups is 2. The first-order chi connectivity index (χ1) is 13.6. The molecule has 146 valence electrons. The number of ketones is 2. The van der Waals surface area contributed by atoms with E-state index in [4.69, 9.17) is 0 Å². The lowest BCUT2D eigenvalue weighted by Gasteiger charge is -2.03. The summed E-state index contributed by atoms with van der Waals surface area (Å²) in [6.45, 7) is 1.87. The first-order valence-electron chi connectivity index (χ1n) is 9.30. The van der Waals surface area contributed by atoms with E-state index >= 15 is 0 Å². The molecule has 4 nitrogen and oxygen atoms in total. The quantitative estimate of drug-likeness (QED) is 0.292. The van der Waals surface area contributed by atoms with Gasteiger partial charge in [-0.15, -0.1) is 22.7 Å². The number of rotatable bonds is 10. The van der Waals surface area contributed by atoms with Crippen LogP contribution < -0.4 is 0 Å². The highest BCUT2D eigenvalue weighted by Gasteiger charge is 2.21. The van der Waals surface area contributed by atoms with Gasteiger partial charge in [-0.3, -0.25) is 9.59 Å². The number of halogens is 1. The van der Waals surface area contributed by atoms with Crippen LogP contribution in [0.25, 0.3) is 20.5 Å². The third kappa shape index (κ3) is 5.17. The Morgan fingerprint density at radius 2 is 1.79 bits per heavy atom. The Kier molecular flexibility index (Phi) is 7.17. The van der Waals surface area contributed by atoms with Crippen LogP contribution in [0.2, 0.25) is 0 Å². The highest BCUT2D eigenvalue weighted by atomic mass is 32.1. The third-order valence-corrected chi connectivity index (χ3v) is 6.39. The van der Waals surface area contributed by atoms with Crippen molar-refractivity contribution in [3.8, 4) is 20.5 Å². The lowest BCUT2D eigenvalue weighted by Crippen LogP contribution is -2.02. The first-order valence-corrected chi connectivity index (χ1v) is 11.0. The molecule has 1 aromatic carbocycles. The summed E-state index contributed by atoms with van der Waals surface area (Å²) < 4.78 is 13.3. The van der Waals surface area contributed by atoms with Crippen LogP contribution in [0.4, 0.5) is 4.39 Å². The van der Waals surface area contributed by atoms with Crippen LogP contribution in [-0.2, 0) is 4.79 Å². The molecule has 0 saturated heterocycles. The van der Waals surface area contributed by atoms with Crippen molar-refractivity contribution in [3.05, 3.63) is 47.4 Å². The molecule has 0 saturated carbocycles. The van der Waals surface area contributed by atoms with Crippen LogP contribution >= 0.6 is 22.7 Å². The Bertz CT molecular complexity index is 934. The molecule has 3 aromatic rings. The fraction of sp³-hybridized carbons (Fsp3) is 0.333. The molecule has 2 aromatic heterocycles. The van der Waals surface area contributed by atoms with Gasteiger partial charge in [-0.1, -0.05) is 25.5 Å². The molecule has 0 amide bonds. The zero-order valence-corrected chi connectivity index (χ0v) is 17.2. The summed E-state index contributed by atoms with van der Waals surface area (Å²) in [6, 6.07) is 6.11. The molecule has 0 aliphatic rings. The van der Waals surface area contributed by atoms with Crippen LogP contribution in [0.1, 0.15) is 55.9 Å². The van der Waals surface area contributed by atoms with Crippen molar-refractivity contribution >= 4 is 34.2 Å². The number of Topliss-reactive ketones (excluding diaryl/α,β-unsaturated/α-hetero) is 2. The van der Waals surface area contributed by atoms with Crippen molar-refractivity contribution in [1.82, 2.24) is 9.97 Å². The number of benzene rings is 1. The highest BCUT2D eigenvalue weighted by Crippen LogP contribution is 2.37.